The maximum absolute atomic E-state index is 12.9. The molecule has 0 bridgehead atoms. The zero-order chi connectivity index (χ0) is 15.0. The van der Waals surface area contributed by atoms with Crippen molar-refractivity contribution in [2.75, 3.05) is 36.9 Å². The zero-order valence-corrected chi connectivity index (χ0v) is 11.5. The normalized spacial score (nSPS) is 16.4. The van der Waals surface area contributed by atoms with Gasteiger partial charge < -0.3 is 19.8 Å². The molecule has 21 heavy (non-hydrogen) atoms. The van der Waals surface area contributed by atoms with E-state index in [-0.39, 0.29) is 17.5 Å². The fourth-order valence-electron chi connectivity index (χ4n) is 2.02. The van der Waals surface area contributed by atoms with Crippen molar-refractivity contribution in [1.82, 2.24) is 10.2 Å². The summed E-state index contributed by atoms with van der Waals surface area (Å²) >= 11 is 0.654. The molecule has 0 radical (unpaired) electrons. The predicted molar refractivity (Wildman–Crippen MR) is 70.1 cm³/mol. The summed E-state index contributed by atoms with van der Waals surface area (Å²) in [7, 11) is 0. The van der Waals surface area contributed by atoms with Gasteiger partial charge in [-0.15, -0.1) is 16.4 Å². The number of alkyl halides is 3. The smallest absolute Gasteiger partial charge is 0.403 e. The second-order valence-corrected chi connectivity index (χ2v) is 5.40. The molecule has 114 valence electrons. The molecule has 0 aromatic carbocycles. The van der Waals surface area contributed by atoms with Crippen molar-refractivity contribution in [3.05, 3.63) is 10.9 Å². The summed E-state index contributed by atoms with van der Waals surface area (Å²) in [6.45, 7) is 1.94. The van der Waals surface area contributed by atoms with Crippen molar-refractivity contribution in [1.29, 1.82) is 0 Å². The quantitative estimate of drug-likeness (QED) is 0.914. The van der Waals surface area contributed by atoms with E-state index >= 15 is 0 Å². The van der Waals surface area contributed by atoms with E-state index in [1.165, 1.54) is 0 Å². The number of hydrogen-bond acceptors (Lipinski definition) is 7. The average Bonchev–Trinajstić information content (AvgIpc) is 3.05. The van der Waals surface area contributed by atoms with Crippen LogP contribution < -0.4 is 10.6 Å². The minimum absolute atomic E-state index is 0.0132. The molecule has 1 fully saturated rings. The SMILES string of the molecule is Nc1nnc(-c2cc(C(F)(F)F)sc2N2CCOCC2)o1. The van der Waals surface area contributed by atoms with E-state index in [1.807, 2.05) is 4.90 Å². The molecule has 2 aromatic rings. The zero-order valence-electron chi connectivity index (χ0n) is 10.7. The van der Waals surface area contributed by atoms with Crippen LogP contribution in [0.1, 0.15) is 4.88 Å². The standard InChI is InChI=1S/C11H11F3N4O2S/c12-11(13,14)7-5-6(8-16-17-10(15)20-8)9(21-7)18-1-3-19-4-2-18/h5H,1-4H2,(H2,15,17). The van der Waals surface area contributed by atoms with Crippen LogP contribution in [-0.2, 0) is 10.9 Å². The average molecular weight is 320 g/mol. The minimum Gasteiger partial charge on any atom is -0.403 e. The number of nitrogens with zero attached hydrogens (tertiary/aromatic N) is 3. The Kier molecular flexibility index (Phi) is 3.49. The number of rotatable bonds is 2. The minimum atomic E-state index is -4.42. The fraction of sp³-hybridized carbons (Fsp3) is 0.455. The van der Waals surface area contributed by atoms with Crippen LogP contribution in [0.4, 0.5) is 24.2 Å². The van der Waals surface area contributed by atoms with Crippen molar-refractivity contribution in [3.8, 4) is 11.5 Å². The summed E-state index contributed by atoms with van der Waals surface area (Å²) in [6, 6.07) is 0.834. The highest BCUT2D eigenvalue weighted by molar-refractivity contribution is 7.16. The van der Waals surface area contributed by atoms with Crippen molar-refractivity contribution in [3.63, 3.8) is 0 Å². The Bertz CT molecular complexity index is 634. The van der Waals surface area contributed by atoms with Crippen molar-refractivity contribution in [2.24, 2.45) is 0 Å². The number of ether oxygens (including phenoxy) is 1. The fourth-order valence-corrected chi connectivity index (χ4v) is 3.09. The molecule has 2 aromatic heterocycles. The van der Waals surface area contributed by atoms with E-state index in [2.05, 4.69) is 10.2 Å². The molecule has 2 N–H and O–H groups in total. The van der Waals surface area contributed by atoms with Crippen molar-refractivity contribution < 1.29 is 22.3 Å². The van der Waals surface area contributed by atoms with Crippen molar-refractivity contribution >= 4 is 22.4 Å². The van der Waals surface area contributed by atoms with E-state index in [9.17, 15) is 13.2 Å². The number of thiophene rings is 1. The van der Waals surface area contributed by atoms with Crippen LogP contribution >= 0.6 is 11.3 Å². The van der Waals surface area contributed by atoms with E-state index in [0.717, 1.165) is 6.07 Å². The largest absolute Gasteiger partial charge is 0.425 e. The van der Waals surface area contributed by atoms with Gasteiger partial charge in [0.1, 0.15) is 9.88 Å². The van der Waals surface area contributed by atoms with Crippen LogP contribution in [0.2, 0.25) is 0 Å². The summed E-state index contributed by atoms with van der Waals surface area (Å²) in [5.74, 6) is -0.0132. The second-order valence-electron chi connectivity index (χ2n) is 4.37. The molecule has 0 atom stereocenters. The third-order valence-corrected chi connectivity index (χ3v) is 4.20. The molecule has 1 aliphatic heterocycles. The lowest BCUT2D eigenvalue weighted by Crippen LogP contribution is -2.35. The Morgan fingerprint density at radius 3 is 2.52 bits per heavy atom. The van der Waals surface area contributed by atoms with Crippen LogP contribution in [0, 0.1) is 0 Å². The third kappa shape index (κ3) is 2.81. The van der Waals surface area contributed by atoms with Gasteiger partial charge in [-0.25, -0.2) is 0 Å². The van der Waals surface area contributed by atoms with Gasteiger partial charge in [-0.3, -0.25) is 0 Å². The summed E-state index contributed by atoms with van der Waals surface area (Å²) in [5, 5.41) is 7.61. The van der Waals surface area contributed by atoms with Crippen LogP contribution in [-0.4, -0.2) is 36.5 Å². The summed E-state index contributed by atoms with van der Waals surface area (Å²) in [4.78, 5) is 1.11. The van der Waals surface area contributed by atoms with Gasteiger partial charge in [0, 0.05) is 13.1 Å². The van der Waals surface area contributed by atoms with Gasteiger partial charge in [-0.05, 0) is 6.07 Å². The number of morpholine rings is 1. The number of halogens is 3. The highest BCUT2D eigenvalue weighted by atomic mass is 32.1. The van der Waals surface area contributed by atoms with Crippen LogP contribution in [0.15, 0.2) is 10.5 Å². The Balaban J connectivity index is 2.05. The Labute approximate surface area is 121 Å². The first-order valence-electron chi connectivity index (χ1n) is 6.08. The molecule has 0 unspecified atom stereocenters. The molecular weight excluding hydrogens is 309 g/mol. The Hall–Kier alpha value is -1.81. The van der Waals surface area contributed by atoms with Gasteiger partial charge in [0.05, 0.1) is 18.8 Å². The molecule has 0 saturated carbocycles. The van der Waals surface area contributed by atoms with Gasteiger partial charge in [0.2, 0.25) is 0 Å². The number of nitrogens with two attached hydrogens (primary N) is 1. The third-order valence-electron chi connectivity index (χ3n) is 2.96. The first kappa shape index (κ1) is 14.1. The highest BCUT2D eigenvalue weighted by Crippen LogP contribution is 2.45. The number of anilines is 2. The predicted octanol–water partition coefficient (Wildman–Crippen LogP) is 2.24. The van der Waals surface area contributed by atoms with Gasteiger partial charge in [-0.2, -0.15) is 13.2 Å². The monoisotopic (exact) mass is 320 g/mol. The summed E-state index contributed by atoms with van der Waals surface area (Å²) in [6.07, 6.45) is -4.42. The molecule has 0 aliphatic carbocycles. The lowest BCUT2D eigenvalue weighted by atomic mass is 10.2. The maximum atomic E-state index is 12.9. The van der Waals surface area contributed by atoms with E-state index in [0.29, 0.717) is 42.6 Å². The van der Waals surface area contributed by atoms with Crippen molar-refractivity contribution in [2.45, 2.75) is 6.18 Å². The van der Waals surface area contributed by atoms with Crippen LogP contribution in [0.3, 0.4) is 0 Å². The molecule has 10 heteroatoms. The number of hydrogen-bond donors (Lipinski definition) is 1. The second kappa shape index (κ2) is 5.19. The van der Waals surface area contributed by atoms with Gasteiger partial charge >= 0.3 is 12.2 Å². The highest BCUT2D eigenvalue weighted by Gasteiger charge is 2.36. The number of nitrogen functional groups attached to an aromatic ring is 1. The lowest BCUT2D eigenvalue weighted by molar-refractivity contribution is -0.134. The first-order valence-corrected chi connectivity index (χ1v) is 6.90. The number of aromatic nitrogens is 2. The summed E-state index contributed by atoms with van der Waals surface area (Å²) in [5.41, 5.74) is 5.59. The van der Waals surface area contributed by atoms with E-state index < -0.39 is 11.1 Å². The molecular formula is C11H11F3N4O2S. The molecule has 3 rings (SSSR count). The van der Waals surface area contributed by atoms with Gasteiger partial charge in [0.25, 0.3) is 5.89 Å². The maximum Gasteiger partial charge on any atom is 0.425 e. The van der Waals surface area contributed by atoms with Crippen LogP contribution in [0.5, 0.6) is 0 Å². The first-order chi connectivity index (χ1) is 9.95. The van der Waals surface area contributed by atoms with E-state index in [4.69, 9.17) is 14.9 Å². The molecule has 6 nitrogen and oxygen atoms in total. The van der Waals surface area contributed by atoms with Gasteiger partial charge in [-0.1, -0.05) is 5.10 Å². The Morgan fingerprint density at radius 1 is 1.24 bits per heavy atom. The van der Waals surface area contributed by atoms with Gasteiger partial charge in [0.15, 0.2) is 0 Å². The molecule has 1 saturated heterocycles. The molecule has 0 spiro atoms. The summed E-state index contributed by atoms with van der Waals surface area (Å²) < 4.78 is 49.1. The lowest BCUT2D eigenvalue weighted by Gasteiger charge is -2.28. The van der Waals surface area contributed by atoms with Crippen LogP contribution in [0.25, 0.3) is 11.5 Å². The molecule has 1 aliphatic rings. The molecule has 3 heterocycles. The Morgan fingerprint density at radius 2 is 1.95 bits per heavy atom. The molecule has 0 amide bonds. The van der Waals surface area contributed by atoms with E-state index in [1.54, 1.807) is 0 Å². The topological polar surface area (TPSA) is 77.4 Å².